The number of hydrogen-bond donors (Lipinski definition) is 2. The Morgan fingerprint density at radius 3 is 1.60 bits per heavy atom. The molecule has 0 aliphatic heterocycles. The second-order valence-corrected chi connectivity index (χ2v) is 2.13. The fourth-order valence-corrected chi connectivity index (χ4v) is 1.01. The van der Waals surface area contributed by atoms with Gasteiger partial charge in [0.1, 0.15) is 0 Å². The third kappa shape index (κ3) is 1.59. The zero-order chi connectivity index (χ0) is 7.40. The summed E-state index contributed by atoms with van der Waals surface area (Å²) in [5, 5.41) is 14.2. The second-order valence-electron chi connectivity index (χ2n) is 2.13. The van der Waals surface area contributed by atoms with Gasteiger partial charge in [0.15, 0.2) is 0 Å². The first kappa shape index (κ1) is 7.31. The summed E-state index contributed by atoms with van der Waals surface area (Å²) in [6, 6.07) is 0. The Balaban J connectivity index is 0.000000148. The standard InChI is InChI=1S/C7H6.BH3O2/c1-2-7-4-3-6(1)5-7;2-1-3/h1-4H,5H2;1-3H. The molecule has 10 heavy (non-hydrogen) atoms. The van der Waals surface area contributed by atoms with Crippen molar-refractivity contribution in [3.8, 4) is 0 Å². The van der Waals surface area contributed by atoms with Crippen LogP contribution in [0.2, 0.25) is 0 Å². The van der Waals surface area contributed by atoms with Crippen LogP contribution in [-0.4, -0.2) is 17.7 Å². The zero-order valence-electron chi connectivity index (χ0n) is 5.62. The fourth-order valence-electron chi connectivity index (χ4n) is 1.01. The first-order chi connectivity index (χ1) is 4.86. The van der Waals surface area contributed by atoms with Gasteiger partial charge >= 0.3 is 7.69 Å². The van der Waals surface area contributed by atoms with Gasteiger partial charge in [0, 0.05) is 0 Å². The minimum Gasteiger partial charge on any atom is -0.430 e. The molecule has 3 heteroatoms. The number of fused-ring (bicyclic) bond motifs is 2. The van der Waals surface area contributed by atoms with Gasteiger partial charge in [-0.1, -0.05) is 24.3 Å². The van der Waals surface area contributed by atoms with Gasteiger partial charge in [-0.3, -0.25) is 0 Å². The molecule has 52 valence electrons. The topological polar surface area (TPSA) is 40.5 Å². The molecule has 2 aliphatic carbocycles. The normalized spacial score (nSPS) is 17.4. The lowest BCUT2D eigenvalue weighted by atomic mass is 10.3. The third-order valence-electron chi connectivity index (χ3n) is 1.43. The Hall–Kier alpha value is -0.795. The molecular formula is C7H9BO2. The molecule has 0 aromatic rings. The lowest BCUT2D eigenvalue weighted by Crippen LogP contribution is -1.75. The van der Waals surface area contributed by atoms with Crippen LogP contribution in [0.4, 0.5) is 0 Å². The molecule has 0 unspecified atom stereocenters. The van der Waals surface area contributed by atoms with Crippen LogP contribution in [0.15, 0.2) is 35.5 Å². The molecule has 0 heterocycles. The molecule has 0 saturated heterocycles. The van der Waals surface area contributed by atoms with Crippen LogP contribution in [0.3, 0.4) is 0 Å². The number of rotatable bonds is 0. The van der Waals surface area contributed by atoms with Crippen LogP contribution in [0, 0.1) is 0 Å². The Morgan fingerprint density at radius 2 is 1.50 bits per heavy atom. The largest absolute Gasteiger partial charge is 0.432 e. The molecule has 0 aromatic carbocycles. The average molecular weight is 136 g/mol. The van der Waals surface area contributed by atoms with Crippen LogP contribution >= 0.6 is 0 Å². The van der Waals surface area contributed by atoms with Crippen molar-refractivity contribution in [2.75, 3.05) is 0 Å². The van der Waals surface area contributed by atoms with Crippen molar-refractivity contribution in [2.24, 2.45) is 0 Å². The van der Waals surface area contributed by atoms with E-state index < -0.39 is 7.69 Å². The summed E-state index contributed by atoms with van der Waals surface area (Å²) < 4.78 is 0. The maximum Gasteiger partial charge on any atom is 0.432 e. The quantitative estimate of drug-likeness (QED) is 0.462. The van der Waals surface area contributed by atoms with Gasteiger partial charge in [-0.15, -0.1) is 0 Å². The van der Waals surface area contributed by atoms with E-state index in [1.807, 2.05) is 0 Å². The van der Waals surface area contributed by atoms with E-state index in [1.54, 1.807) is 0 Å². The SMILES string of the molecule is C1=CC2=CC=C1C2.OBO. The van der Waals surface area contributed by atoms with E-state index in [1.165, 1.54) is 17.6 Å². The maximum absolute atomic E-state index is 7.12. The van der Waals surface area contributed by atoms with Crippen LogP contribution < -0.4 is 0 Å². The predicted octanol–water partition coefficient (Wildman–Crippen LogP) is 0.0502. The van der Waals surface area contributed by atoms with Crippen LogP contribution in [0.25, 0.3) is 0 Å². The molecule has 2 aliphatic rings. The van der Waals surface area contributed by atoms with E-state index in [9.17, 15) is 0 Å². The molecule has 2 nitrogen and oxygen atoms in total. The van der Waals surface area contributed by atoms with Crippen molar-refractivity contribution in [3.63, 3.8) is 0 Å². The molecule has 0 fully saturated rings. The predicted molar refractivity (Wildman–Crippen MR) is 41.5 cm³/mol. The maximum atomic E-state index is 7.12. The van der Waals surface area contributed by atoms with Gasteiger partial charge in [0.2, 0.25) is 0 Å². The van der Waals surface area contributed by atoms with E-state index in [0.29, 0.717) is 0 Å². The highest BCUT2D eigenvalue weighted by atomic mass is 16.4. The van der Waals surface area contributed by atoms with E-state index in [2.05, 4.69) is 24.3 Å². The smallest absolute Gasteiger partial charge is 0.430 e. The highest BCUT2D eigenvalue weighted by Crippen LogP contribution is 2.27. The molecule has 2 bridgehead atoms. The van der Waals surface area contributed by atoms with Crippen LogP contribution in [-0.2, 0) is 0 Å². The first-order valence-electron chi connectivity index (χ1n) is 3.16. The van der Waals surface area contributed by atoms with Crippen molar-refractivity contribution in [2.45, 2.75) is 6.42 Å². The highest BCUT2D eigenvalue weighted by molar-refractivity contribution is 6.13. The molecule has 0 saturated carbocycles. The first-order valence-corrected chi connectivity index (χ1v) is 3.16. The summed E-state index contributed by atoms with van der Waals surface area (Å²) >= 11 is 0. The minimum atomic E-state index is -0.750. The molecular weight excluding hydrogens is 127 g/mol. The summed E-state index contributed by atoms with van der Waals surface area (Å²) in [6.07, 6.45) is 9.90. The van der Waals surface area contributed by atoms with Crippen molar-refractivity contribution in [1.29, 1.82) is 0 Å². The van der Waals surface area contributed by atoms with Crippen LogP contribution in [0.1, 0.15) is 6.42 Å². The Labute approximate surface area is 60.5 Å². The number of allylic oxidation sites excluding steroid dienone is 6. The van der Waals surface area contributed by atoms with Gasteiger partial charge in [-0.2, -0.15) is 0 Å². The van der Waals surface area contributed by atoms with E-state index >= 15 is 0 Å². The van der Waals surface area contributed by atoms with Crippen molar-refractivity contribution < 1.29 is 10.0 Å². The molecule has 2 N–H and O–H groups in total. The van der Waals surface area contributed by atoms with Gasteiger partial charge < -0.3 is 10.0 Å². The molecule has 0 amide bonds. The molecule has 0 aromatic heterocycles. The van der Waals surface area contributed by atoms with E-state index in [-0.39, 0.29) is 0 Å². The summed E-state index contributed by atoms with van der Waals surface area (Å²) in [5.74, 6) is 0. The summed E-state index contributed by atoms with van der Waals surface area (Å²) in [4.78, 5) is 0. The monoisotopic (exact) mass is 136 g/mol. The Bertz CT molecular complexity index is 184. The van der Waals surface area contributed by atoms with Gasteiger partial charge in [-0.25, -0.2) is 0 Å². The van der Waals surface area contributed by atoms with Crippen molar-refractivity contribution in [1.82, 2.24) is 0 Å². The Morgan fingerprint density at radius 1 is 1.10 bits per heavy atom. The van der Waals surface area contributed by atoms with Crippen LogP contribution in [0.5, 0.6) is 0 Å². The summed E-state index contributed by atoms with van der Waals surface area (Å²) in [6.45, 7) is 0. The molecule has 0 atom stereocenters. The van der Waals surface area contributed by atoms with Crippen molar-refractivity contribution >= 4 is 7.69 Å². The zero-order valence-corrected chi connectivity index (χ0v) is 5.62. The van der Waals surface area contributed by atoms with Gasteiger partial charge in [-0.05, 0) is 17.6 Å². The lowest BCUT2D eigenvalue weighted by Gasteiger charge is -1.77. The fraction of sp³-hybridized carbons (Fsp3) is 0.143. The number of hydrogen-bond acceptors (Lipinski definition) is 2. The molecule has 0 radical (unpaired) electrons. The average Bonchev–Trinajstić information content (AvgIpc) is 2.49. The molecule has 2 rings (SSSR count). The Kier molecular flexibility index (Phi) is 2.48. The van der Waals surface area contributed by atoms with E-state index in [4.69, 9.17) is 10.0 Å². The van der Waals surface area contributed by atoms with E-state index in [0.717, 1.165) is 0 Å². The third-order valence-corrected chi connectivity index (χ3v) is 1.43. The van der Waals surface area contributed by atoms with Crippen molar-refractivity contribution in [3.05, 3.63) is 35.5 Å². The van der Waals surface area contributed by atoms with Gasteiger partial charge in [0.25, 0.3) is 0 Å². The summed E-state index contributed by atoms with van der Waals surface area (Å²) in [7, 11) is -0.750. The summed E-state index contributed by atoms with van der Waals surface area (Å²) in [5.41, 5.74) is 2.94. The molecule has 0 spiro atoms. The van der Waals surface area contributed by atoms with Gasteiger partial charge in [0.05, 0.1) is 0 Å². The lowest BCUT2D eigenvalue weighted by molar-refractivity contribution is 0.448. The minimum absolute atomic E-state index is 0.750. The second kappa shape index (κ2) is 3.39. The highest BCUT2D eigenvalue weighted by Gasteiger charge is 2.07.